The molecule has 1 aromatic carbocycles. The summed E-state index contributed by atoms with van der Waals surface area (Å²) in [5.74, 6) is 1.90. The highest BCUT2D eigenvalue weighted by Crippen LogP contribution is 2.30. The van der Waals surface area contributed by atoms with Gasteiger partial charge in [-0.15, -0.1) is 0 Å². The molecule has 0 amide bonds. The minimum Gasteiger partial charge on any atom is -0.496 e. The third-order valence-corrected chi connectivity index (χ3v) is 3.75. The normalized spacial score (nSPS) is 14.9. The second-order valence-corrected chi connectivity index (χ2v) is 5.12. The van der Waals surface area contributed by atoms with Crippen LogP contribution < -0.4 is 15.4 Å². The number of ether oxygens (including phenoxy) is 1. The lowest BCUT2D eigenvalue weighted by Gasteiger charge is -2.21. The summed E-state index contributed by atoms with van der Waals surface area (Å²) in [4.78, 5) is 8.64. The Hall–Kier alpha value is -2.56. The van der Waals surface area contributed by atoms with Gasteiger partial charge in [-0.25, -0.2) is 0 Å². The zero-order valence-electron chi connectivity index (χ0n) is 12.6. The molecule has 0 radical (unpaired) electrons. The summed E-state index contributed by atoms with van der Waals surface area (Å²) in [6.07, 6.45) is 3.70. The Bertz CT molecular complexity index is 642. The summed E-state index contributed by atoms with van der Waals surface area (Å²) in [6.45, 7) is 2.46. The van der Waals surface area contributed by atoms with Crippen molar-refractivity contribution in [3.05, 3.63) is 59.9 Å². The van der Waals surface area contributed by atoms with Crippen LogP contribution in [0.2, 0.25) is 0 Å². The third kappa shape index (κ3) is 3.19. The van der Waals surface area contributed by atoms with Crippen LogP contribution in [-0.4, -0.2) is 37.7 Å². The zero-order valence-corrected chi connectivity index (χ0v) is 12.6. The first-order valence-electron chi connectivity index (χ1n) is 7.43. The summed E-state index contributed by atoms with van der Waals surface area (Å²) in [6, 6.07) is 12.2. The SMILES string of the molecule is COc1ccccc1C(CNC1=NCCN1)c1cccnc1. The van der Waals surface area contributed by atoms with Crippen LogP contribution in [-0.2, 0) is 0 Å². The van der Waals surface area contributed by atoms with Gasteiger partial charge < -0.3 is 15.4 Å². The van der Waals surface area contributed by atoms with Crippen LogP contribution in [0.15, 0.2) is 53.8 Å². The quantitative estimate of drug-likeness (QED) is 0.883. The van der Waals surface area contributed by atoms with Gasteiger partial charge in [0, 0.05) is 37.0 Å². The van der Waals surface area contributed by atoms with E-state index >= 15 is 0 Å². The fourth-order valence-electron chi connectivity index (χ4n) is 2.66. The van der Waals surface area contributed by atoms with Crippen molar-refractivity contribution in [2.75, 3.05) is 26.7 Å². The predicted molar refractivity (Wildman–Crippen MR) is 87.4 cm³/mol. The van der Waals surface area contributed by atoms with Gasteiger partial charge in [0.05, 0.1) is 13.7 Å². The first-order chi connectivity index (χ1) is 10.9. The van der Waals surface area contributed by atoms with Crippen molar-refractivity contribution in [3.8, 4) is 5.75 Å². The van der Waals surface area contributed by atoms with Crippen LogP contribution in [0.4, 0.5) is 0 Å². The number of pyridine rings is 1. The van der Waals surface area contributed by atoms with E-state index in [1.807, 2.05) is 30.5 Å². The molecule has 0 bridgehead atoms. The third-order valence-electron chi connectivity index (χ3n) is 3.75. The number of guanidine groups is 1. The molecule has 0 spiro atoms. The number of para-hydroxylation sites is 1. The standard InChI is InChI=1S/C17H20N4O/c1-22-16-7-3-2-6-14(16)15(13-5-4-8-18-11-13)12-21-17-19-9-10-20-17/h2-8,11,15H,9-10,12H2,1H3,(H2,19,20,21). The van der Waals surface area contributed by atoms with Crippen molar-refractivity contribution in [2.24, 2.45) is 4.99 Å². The van der Waals surface area contributed by atoms with E-state index in [1.54, 1.807) is 13.3 Å². The lowest BCUT2D eigenvalue weighted by atomic mass is 9.91. The molecule has 1 aliphatic rings. The highest BCUT2D eigenvalue weighted by atomic mass is 16.5. The molecule has 5 nitrogen and oxygen atoms in total. The number of hydrogen-bond donors (Lipinski definition) is 2. The van der Waals surface area contributed by atoms with Crippen molar-refractivity contribution in [3.63, 3.8) is 0 Å². The van der Waals surface area contributed by atoms with Gasteiger partial charge in [-0.1, -0.05) is 24.3 Å². The number of aromatic nitrogens is 1. The molecule has 0 saturated carbocycles. The van der Waals surface area contributed by atoms with Gasteiger partial charge in [0.1, 0.15) is 5.75 Å². The first kappa shape index (κ1) is 14.4. The van der Waals surface area contributed by atoms with E-state index < -0.39 is 0 Å². The van der Waals surface area contributed by atoms with Crippen molar-refractivity contribution < 1.29 is 4.74 Å². The molecule has 22 heavy (non-hydrogen) atoms. The summed E-state index contributed by atoms with van der Waals surface area (Å²) in [5, 5.41) is 6.62. The largest absolute Gasteiger partial charge is 0.496 e. The number of rotatable bonds is 5. The molecule has 0 fully saturated rings. The Morgan fingerprint density at radius 2 is 2.18 bits per heavy atom. The molecule has 114 valence electrons. The van der Waals surface area contributed by atoms with Crippen LogP contribution in [0, 0.1) is 0 Å². The molecular weight excluding hydrogens is 276 g/mol. The highest BCUT2D eigenvalue weighted by molar-refractivity contribution is 5.81. The van der Waals surface area contributed by atoms with Crippen molar-refractivity contribution in [1.82, 2.24) is 15.6 Å². The molecule has 5 heteroatoms. The molecular formula is C17H20N4O. The Morgan fingerprint density at radius 1 is 1.27 bits per heavy atom. The molecule has 1 unspecified atom stereocenters. The molecule has 1 atom stereocenters. The second-order valence-electron chi connectivity index (χ2n) is 5.12. The van der Waals surface area contributed by atoms with E-state index in [9.17, 15) is 0 Å². The summed E-state index contributed by atoms with van der Waals surface area (Å²) < 4.78 is 5.53. The highest BCUT2D eigenvalue weighted by Gasteiger charge is 2.19. The second kappa shape index (κ2) is 6.93. The average Bonchev–Trinajstić information content (AvgIpc) is 3.10. The molecule has 2 aromatic rings. The number of benzene rings is 1. The first-order valence-corrected chi connectivity index (χ1v) is 7.43. The van der Waals surface area contributed by atoms with Crippen LogP contribution >= 0.6 is 0 Å². The summed E-state index contributed by atoms with van der Waals surface area (Å²) in [5.41, 5.74) is 2.29. The fourth-order valence-corrected chi connectivity index (χ4v) is 2.66. The molecule has 3 rings (SSSR count). The molecule has 0 aliphatic carbocycles. The van der Waals surface area contributed by atoms with Gasteiger partial charge in [-0.3, -0.25) is 9.98 Å². The van der Waals surface area contributed by atoms with E-state index in [2.05, 4.69) is 32.7 Å². The van der Waals surface area contributed by atoms with Crippen molar-refractivity contribution in [2.45, 2.75) is 5.92 Å². The smallest absolute Gasteiger partial charge is 0.191 e. The maximum absolute atomic E-state index is 5.53. The molecule has 1 aromatic heterocycles. The van der Waals surface area contributed by atoms with Gasteiger partial charge in [0.2, 0.25) is 0 Å². The number of methoxy groups -OCH3 is 1. The van der Waals surface area contributed by atoms with Crippen molar-refractivity contribution in [1.29, 1.82) is 0 Å². The monoisotopic (exact) mass is 296 g/mol. The van der Waals surface area contributed by atoms with E-state index in [0.717, 1.165) is 42.5 Å². The molecule has 1 aliphatic heterocycles. The van der Waals surface area contributed by atoms with E-state index in [0.29, 0.717) is 0 Å². The number of aliphatic imine (C=N–C) groups is 1. The van der Waals surface area contributed by atoms with Gasteiger partial charge in [0.15, 0.2) is 5.96 Å². The lowest BCUT2D eigenvalue weighted by Crippen LogP contribution is -2.36. The Kier molecular flexibility index (Phi) is 4.53. The maximum Gasteiger partial charge on any atom is 0.191 e. The van der Waals surface area contributed by atoms with Gasteiger partial charge in [-0.2, -0.15) is 0 Å². The number of nitrogens with one attached hydrogen (secondary N) is 2. The molecule has 2 heterocycles. The Labute approximate surface area is 130 Å². The Balaban J connectivity index is 1.88. The topological polar surface area (TPSA) is 58.5 Å². The van der Waals surface area contributed by atoms with E-state index in [-0.39, 0.29) is 5.92 Å². The summed E-state index contributed by atoms with van der Waals surface area (Å²) >= 11 is 0. The summed E-state index contributed by atoms with van der Waals surface area (Å²) in [7, 11) is 1.70. The molecule has 0 saturated heterocycles. The van der Waals surface area contributed by atoms with Gasteiger partial charge in [-0.05, 0) is 17.7 Å². The average molecular weight is 296 g/mol. The molecule has 2 N–H and O–H groups in total. The van der Waals surface area contributed by atoms with Crippen LogP contribution in [0.1, 0.15) is 17.0 Å². The lowest BCUT2D eigenvalue weighted by molar-refractivity contribution is 0.407. The zero-order chi connectivity index (χ0) is 15.2. The maximum atomic E-state index is 5.53. The minimum absolute atomic E-state index is 0.148. The van der Waals surface area contributed by atoms with Gasteiger partial charge in [0.25, 0.3) is 0 Å². The van der Waals surface area contributed by atoms with Crippen LogP contribution in [0.3, 0.4) is 0 Å². The van der Waals surface area contributed by atoms with Crippen LogP contribution in [0.5, 0.6) is 5.75 Å². The fraction of sp³-hybridized carbons (Fsp3) is 0.294. The minimum atomic E-state index is 0.148. The van der Waals surface area contributed by atoms with Crippen molar-refractivity contribution >= 4 is 5.96 Å². The number of nitrogens with zero attached hydrogens (tertiary/aromatic N) is 2. The van der Waals surface area contributed by atoms with Gasteiger partial charge >= 0.3 is 0 Å². The van der Waals surface area contributed by atoms with E-state index in [4.69, 9.17) is 4.74 Å². The Morgan fingerprint density at radius 3 is 2.91 bits per heavy atom. The van der Waals surface area contributed by atoms with E-state index in [1.165, 1.54) is 0 Å². The van der Waals surface area contributed by atoms with Crippen LogP contribution in [0.25, 0.3) is 0 Å². The number of hydrogen-bond acceptors (Lipinski definition) is 5. The predicted octanol–water partition coefficient (Wildman–Crippen LogP) is 1.77.